The van der Waals surface area contributed by atoms with E-state index in [0.717, 1.165) is 19.4 Å². The van der Waals surface area contributed by atoms with E-state index in [1.54, 1.807) is 4.90 Å². The predicted molar refractivity (Wildman–Crippen MR) is 59.5 cm³/mol. The number of likely N-dealkylation sites (tertiary alicyclic amines) is 1. The van der Waals surface area contributed by atoms with Gasteiger partial charge in [0.2, 0.25) is 11.8 Å². The van der Waals surface area contributed by atoms with Crippen LogP contribution in [0.15, 0.2) is 0 Å². The van der Waals surface area contributed by atoms with Crippen LogP contribution in [0.3, 0.4) is 0 Å². The fraction of sp³-hybridized carbons (Fsp3) is 0.818. The lowest BCUT2D eigenvalue weighted by atomic mass is 9.97. The number of piperidine rings is 1. The molecule has 90 valence electrons. The Hall–Kier alpha value is -1.10. The molecule has 1 aliphatic carbocycles. The van der Waals surface area contributed by atoms with Crippen molar-refractivity contribution in [2.24, 2.45) is 11.7 Å². The summed E-state index contributed by atoms with van der Waals surface area (Å²) >= 11 is 0. The van der Waals surface area contributed by atoms with E-state index >= 15 is 0 Å². The fourth-order valence-electron chi connectivity index (χ4n) is 2.07. The molecule has 1 aliphatic heterocycles. The highest BCUT2D eigenvalue weighted by atomic mass is 16.2. The molecule has 0 aromatic carbocycles. The fourth-order valence-corrected chi connectivity index (χ4v) is 2.07. The standard InChI is InChI=1S/C11H19N3O2/c12-11(16)8-2-1-5-14(7-8)10(15)6-13-9-3-4-9/h8-9,13H,1-7H2,(H2,12,16). The van der Waals surface area contributed by atoms with Crippen LogP contribution in [0.1, 0.15) is 25.7 Å². The first-order valence-corrected chi connectivity index (χ1v) is 5.97. The van der Waals surface area contributed by atoms with Gasteiger partial charge in [0.05, 0.1) is 12.5 Å². The van der Waals surface area contributed by atoms with Crippen molar-refractivity contribution < 1.29 is 9.59 Å². The number of hydrogen-bond donors (Lipinski definition) is 2. The Labute approximate surface area is 95.3 Å². The molecular weight excluding hydrogens is 206 g/mol. The Bertz CT molecular complexity index is 289. The molecule has 0 aromatic rings. The second-order valence-corrected chi connectivity index (χ2v) is 4.74. The summed E-state index contributed by atoms with van der Waals surface area (Å²) in [4.78, 5) is 24.6. The van der Waals surface area contributed by atoms with Crippen LogP contribution >= 0.6 is 0 Å². The second kappa shape index (κ2) is 4.82. The van der Waals surface area contributed by atoms with Gasteiger partial charge in [-0.15, -0.1) is 0 Å². The third-order valence-electron chi connectivity index (χ3n) is 3.30. The van der Waals surface area contributed by atoms with E-state index in [1.807, 2.05) is 0 Å². The lowest BCUT2D eigenvalue weighted by Crippen LogP contribution is -2.47. The summed E-state index contributed by atoms with van der Waals surface area (Å²) in [6.07, 6.45) is 4.05. The average molecular weight is 225 g/mol. The maximum Gasteiger partial charge on any atom is 0.236 e. The Morgan fingerprint density at radius 1 is 1.31 bits per heavy atom. The molecule has 16 heavy (non-hydrogen) atoms. The normalized spacial score (nSPS) is 25.5. The maximum atomic E-state index is 11.8. The van der Waals surface area contributed by atoms with Crippen LogP contribution in [0.5, 0.6) is 0 Å². The first-order valence-electron chi connectivity index (χ1n) is 5.97. The number of amides is 2. The summed E-state index contributed by atoms with van der Waals surface area (Å²) in [6, 6.07) is 0.542. The lowest BCUT2D eigenvalue weighted by molar-refractivity contribution is -0.134. The summed E-state index contributed by atoms with van der Waals surface area (Å²) < 4.78 is 0. The van der Waals surface area contributed by atoms with Crippen LogP contribution in [-0.4, -0.2) is 42.4 Å². The largest absolute Gasteiger partial charge is 0.369 e. The second-order valence-electron chi connectivity index (χ2n) is 4.74. The average Bonchev–Trinajstić information content (AvgIpc) is 3.10. The molecule has 1 unspecified atom stereocenters. The zero-order valence-electron chi connectivity index (χ0n) is 9.45. The molecule has 1 heterocycles. The van der Waals surface area contributed by atoms with Gasteiger partial charge in [-0.2, -0.15) is 0 Å². The highest BCUT2D eigenvalue weighted by Gasteiger charge is 2.28. The van der Waals surface area contributed by atoms with Crippen LogP contribution in [0.2, 0.25) is 0 Å². The Kier molecular flexibility index (Phi) is 3.43. The Morgan fingerprint density at radius 2 is 2.06 bits per heavy atom. The third-order valence-corrected chi connectivity index (χ3v) is 3.30. The molecule has 1 saturated heterocycles. The summed E-state index contributed by atoms with van der Waals surface area (Å²) in [5.74, 6) is -0.343. The minimum atomic E-state index is -0.285. The van der Waals surface area contributed by atoms with Crippen LogP contribution in [0.4, 0.5) is 0 Å². The minimum absolute atomic E-state index is 0.0952. The number of nitrogens with one attached hydrogen (secondary N) is 1. The van der Waals surface area contributed by atoms with Gasteiger partial charge in [-0.3, -0.25) is 9.59 Å². The molecule has 2 fully saturated rings. The summed E-state index contributed by atoms with van der Waals surface area (Å²) in [6.45, 7) is 1.66. The zero-order valence-corrected chi connectivity index (χ0v) is 9.45. The van der Waals surface area contributed by atoms with Crippen molar-refractivity contribution in [3.05, 3.63) is 0 Å². The van der Waals surface area contributed by atoms with E-state index in [9.17, 15) is 9.59 Å². The van der Waals surface area contributed by atoms with Crippen LogP contribution in [0.25, 0.3) is 0 Å². The van der Waals surface area contributed by atoms with E-state index in [4.69, 9.17) is 5.73 Å². The van der Waals surface area contributed by atoms with Gasteiger partial charge < -0.3 is 16.0 Å². The van der Waals surface area contributed by atoms with E-state index < -0.39 is 0 Å². The summed E-state index contributed by atoms with van der Waals surface area (Å²) in [5, 5.41) is 3.19. The SMILES string of the molecule is NC(=O)C1CCCN(C(=O)CNC2CC2)C1. The molecule has 5 nitrogen and oxygen atoms in total. The number of primary amides is 1. The maximum absolute atomic E-state index is 11.8. The molecule has 0 aromatic heterocycles. The van der Waals surface area contributed by atoms with Crippen molar-refractivity contribution in [1.82, 2.24) is 10.2 Å². The van der Waals surface area contributed by atoms with Crippen LogP contribution in [0, 0.1) is 5.92 Å². The number of hydrogen-bond acceptors (Lipinski definition) is 3. The molecular formula is C11H19N3O2. The zero-order chi connectivity index (χ0) is 11.5. The van der Waals surface area contributed by atoms with Crippen molar-refractivity contribution >= 4 is 11.8 Å². The molecule has 2 aliphatic rings. The minimum Gasteiger partial charge on any atom is -0.369 e. The van der Waals surface area contributed by atoms with Crippen molar-refractivity contribution in [3.8, 4) is 0 Å². The van der Waals surface area contributed by atoms with E-state index in [0.29, 0.717) is 19.1 Å². The van der Waals surface area contributed by atoms with Gasteiger partial charge in [0, 0.05) is 19.1 Å². The Morgan fingerprint density at radius 3 is 2.69 bits per heavy atom. The topological polar surface area (TPSA) is 75.4 Å². The molecule has 1 atom stereocenters. The predicted octanol–water partition coefficient (Wildman–Crippen LogP) is -0.538. The molecule has 5 heteroatoms. The first kappa shape index (κ1) is 11.4. The first-order chi connectivity index (χ1) is 7.66. The van der Waals surface area contributed by atoms with E-state index in [1.165, 1.54) is 12.8 Å². The van der Waals surface area contributed by atoms with Crippen LogP contribution in [-0.2, 0) is 9.59 Å². The van der Waals surface area contributed by atoms with Gasteiger partial charge in [0.15, 0.2) is 0 Å². The van der Waals surface area contributed by atoms with Gasteiger partial charge in [-0.25, -0.2) is 0 Å². The number of carbonyl (C=O) groups excluding carboxylic acids is 2. The van der Waals surface area contributed by atoms with Crippen molar-refractivity contribution in [2.45, 2.75) is 31.7 Å². The molecule has 0 bridgehead atoms. The van der Waals surface area contributed by atoms with E-state index in [-0.39, 0.29) is 17.7 Å². The lowest BCUT2D eigenvalue weighted by Gasteiger charge is -2.31. The number of rotatable bonds is 4. The van der Waals surface area contributed by atoms with Gasteiger partial charge in [-0.05, 0) is 25.7 Å². The molecule has 0 radical (unpaired) electrons. The highest BCUT2D eigenvalue weighted by Crippen LogP contribution is 2.19. The van der Waals surface area contributed by atoms with Crippen molar-refractivity contribution in [1.29, 1.82) is 0 Å². The molecule has 1 saturated carbocycles. The molecule has 2 rings (SSSR count). The number of nitrogens with two attached hydrogens (primary N) is 1. The number of nitrogens with zero attached hydrogens (tertiary/aromatic N) is 1. The van der Waals surface area contributed by atoms with Crippen molar-refractivity contribution in [3.63, 3.8) is 0 Å². The molecule has 2 amide bonds. The number of carbonyl (C=O) groups is 2. The van der Waals surface area contributed by atoms with Crippen molar-refractivity contribution in [2.75, 3.05) is 19.6 Å². The van der Waals surface area contributed by atoms with Crippen LogP contribution < -0.4 is 11.1 Å². The monoisotopic (exact) mass is 225 g/mol. The quantitative estimate of drug-likeness (QED) is 0.675. The molecule has 0 spiro atoms. The molecule has 3 N–H and O–H groups in total. The Balaban J connectivity index is 1.78. The summed E-state index contributed by atoms with van der Waals surface area (Å²) in [5.41, 5.74) is 5.27. The van der Waals surface area contributed by atoms with Gasteiger partial charge in [0.25, 0.3) is 0 Å². The smallest absolute Gasteiger partial charge is 0.236 e. The highest BCUT2D eigenvalue weighted by molar-refractivity contribution is 5.81. The van der Waals surface area contributed by atoms with Gasteiger partial charge >= 0.3 is 0 Å². The third kappa shape index (κ3) is 2.95. The van der Waals surface area contributed by atoms with Gasteiger partial charge in [0.1, 0.15) is 0 Å². The van der Waals surface area contributed by atoms with Gasteiger partial charge in [-0.1, -0.05) is 0 Å². The van der Waals surface area contributed by atoms with E-state index in [2.05, 4.69) is 5.32 Å². The summed E-state index contributed by atoms with van der Waals surface area (Å²) in [7, 11) is 0.